The smallest absolute Gasteiger partial charge is 0.233 e. The van der Waals surface area contributed by atoms with Crippen molar-refractivity contribution in [1.29, 1.82) is 0 Å². The third kappa shape index (κ3) is 4.34. The molecule has 0 atom stereocenters. The van der Waals surface area contributed by atoms with Gasteiger partial charge in [-0.05, 0) is 44.0 Å². The second kappa shape index (κ2) is 8.31. The molecule has 0 aliphatic carbocycles. The minimum atomic E-state index is -0.0132. The molecular formula is C21H23N3O2S. The highest BCUT2D eigenvalue weighted by molar-refractivity contribution is 7.18. The number of nitrogens with zero attached hydrogens (tertiary/aromatic N) is 3. The normalized spacial score (nSPS) is 10.9. The van der Waals surface area contributed by atoms with Crippen LogP contribution in [0.15, 0.2) is 48.5 Å². The number of carbonyl (C=O) groups is 1. The van der Waals surface area contributed by atoms with Gasteiger partial charge in [-0.15, -0.1) is 10.2 Å². The molecule has 6 heteroatoms. The van der Waals surface area contributed by atoms with Gasteiger partial charge in [-0.1, -0.05) is 47.7 Å². The molecule has 140 valence electrons. The molecule has 0 saturated heterocycles. The van der Waals surface area contributed by atoms with E-state index in [-0.39, 0.29) is 18.4 Å². The number of carbonyl (C=O) groups excluding carboxylic acids is 1. The van der Waals surface area contributed by atoms with E-state index in [9.17, 15) is 4.79 Å². The average Bonchev–Trinajstić information content (AvgIpc) is 3.11. The lowest BCUT2D eigenvalue weighted by Crippen LogP contribution is -2.38. The fourth-order valence-electron chi connectivity index (χ4n) is 2.89. The summed E-state index contributed by atoms with van der Waals surface area (Å²) in [5.41, 5.74) is 3.10. The van der Waals surface area contributed by atoms with Crippen LogP contribution in [0.4, 0.5) is 5.13 Å². The quantitative estimate of drug-likeness (QED) is 0.630. The molecule has 0 saturated carbocycles. The van der Waals surface area contributed by atoms with Gasteiger partial charge in [-0.2, -0.15) is 0 Å². The summed E-state index contributed by atoms with van der Waals surface area (Å²) < 4.78 is 5.25. The van der Waals surface area contributed by atoms with Crippen LogP contribution in [0.1, 0.15) is 25.0 Å². The first kappa shape index (κ1) is 19.0. The van der Waals surface area contributed by atoms with Gasteiger partial charge < -0.3 is 4.74 Å². The Morgan fingerprint density at radius 2 is 1.93 bits per heavy atom. The summed E-state index contributed by atoms with van der Waals surface area (Å²) in [4.78, 5) is 14.7. The number of aromatic nitrogens is 2. The first-order valence-corrected chi connectivity index (χ1v) is 9.65. The largest absolute Gasteiger partial charge is 0.497 e. The molecule has 1 heterocycles. The van der Waals surface area contributed by atoms with Crippen molar-refractivity contribution in [2.45, 2.75) is 33.2 Å². The molecule has 3 rings (SSSR count). The zero-order valence-corrected chi connectivity index (χ0v) is 16.8. The molecular weight excluding hydrogens is 358 g/mol. The van der Waals surface area contributed by atoms with Crippen molar-refractivity contribution in [3.05, 3.63) is 59.7 Å². The minimum absolute atomic E-state index is 0.00858. The number of methoxy groups -OCH3 is 1. The van der Waals surface area contributed by atoms with Gasteiger partial charge in [0.05, 0.1) is 13.5 Å². The van der Waals surface area contributed by atoms with Crippen molar-refractivity contribution in [2.24, 2.45) is 0 Å². The maximum atomic E-state index is 13.0. The summed E-state index contributed by atoms with van der Waals surface area (Å²) in [5.74, 6) is 0.736. The molecule has 0 aliphatic heterocycles. The molecule has 1 amide bonds. The highest BCUT2D eigenvalue weighted by atomic mass is 32.1. The lowest BCUT2D eigenvalue weighted by atomic mass is 10.1. The SMILES string of the molecule is COc1cccc(CC(=O)N(c2nnc(-c3ccccc3C)s2)C(C)C)c1. The van der Waals surface area contributed by atoms with Gasteiger partial charge in [-0.25, -0.2) is 0 Å². The van der Waals surface area contributed by atoms with E-state index < -0.39 is 0 Å². The average molecular weight is 382 g/mol. The fraction of sp³-hybridized carbons (Fsp3) is 0.286. The molecule has 2 aromatic carbocycles. The van der Waals surface area contributed by atoms with E-state index >= 15 is 0 Å². The molecule has 0 bridgehead atoms. The van der Waals surface area contributed by atoms with Crippen LogP contribution in [0.3, 0.4) is 0 Å². The Balaban J connectivity index is 1.85. The number of rotatable bonds is 6. The highest BCUT2D eigenvalue weighted by Crippen LogP contribution is 2.31. The Labute approximate surface area is 163 Å². The van der Waals surface area contributed by atoms with Gasteiger partial charge >= 0.3 is 0 Å². The van der Waals surface area contributed by atoms with E-state index in [1.165, 1.54) is 11.3 Å². The summed E-state index contributed by atoms with van der Waals surface area (Å²) in [6.07, 6.45) is 0.286. The predicted molar refractivity (Wildman–Crippen MR) is 109 cm³/mol. The fourth-order valence-corrected chi connectivity index (χ4v) is 3.98. The van der Waals surface area contributed by atoms with Crippen LogP contribution >= 0.6 is 11.3 Å². The zero-order chi connectivity index (χ0) is 19.4. The number of aryl methyl sites for hydroxylation is 1. The molecule has 0 radical (unpaired) electrons. The van der Waals surface area contributed by atoms with E-state index in [4.69, 9.17) is 4.74 Å². The van der Waals surface area contributed by atoms with Crippen LogP contribution < -0.4 is 9.64 Å². The Bertz CT molecular complexity index is 936. The number of hydrogen-bond donors (Lipinski definition) is 0. The van der Waals surface area contributed by atoms with Crippen molar-refractivity contribution < 1.29 is 9.53 Å². The molecule has 0 N–H and O–H groups in total. The van der Waals surface area contributed by atoms with E-state index in [0.717, 1.165) is 27.4 Å². The van der Waals surface area contributed by atoms with Gasteiger partial charge in [0.1, 0.15) is 10.8 Å². The van der Waals surface area contributed by atoms with Crippen LogP contribution in [0.25, 0.3) is 10.6 Å². The number of hydrogen-bond acceptors (Lipinski definition) is 5. The van der Waals surface area contributed by atoms with Gasteiger partial charge in [0, 0.05) is 11.6 Å². The topological polar surface area (TPSA) is 55.3 Å². The molecule has 3 aromatic rings. The minimum Gasteiger partial charge on any atom is -0.497 e. The van der Waals surface area contributed by atoms with Crippen molar-refractivity contribution in [3.63, 3.8) is 0 Å². The molecule has 0 spiro atoms. The number of anilines is 1. The maximum absolute atomic E-state index is 13.0. The van der Waals surface area contributed by atoms with Crippen molar-refractivity contribution in [3.8, 4) is 16.3 Å². The van der Waals surface area contributed by atoms with E-state index in [2.05, 4.69) is 10.2 Å². The van der Waals surface area contributed by atoms with Gasteiger partial charge in [0.15, 0.2) is 0 Å². The lowest BCUT2D eigenvalue weighted by Gasteiger charge is -2.23. The van der Waals surface area contributed by atoms with Crippen LogP contribution in [0.5, 0.6) is 5.75 Å². The Morgan fingerprint density at radius 1 is 1.15 bits per heavy atom. The standard InChI is InChI=1S/C21H23N3O2S/c1-14(2)24(19(25)13-16-9-7-10-17(12-16)26-4)21-23-22-20(27-21)18-11-6-5-8-15(18)3/h5-12,14H,13H2,1-4H3. The first-order valence-electron chi connectivity index (χ1n) is 8.84. The predicted octanol–water partition coefficient (Wildman–Crippen LogP) is 4.51. The summed E-state index contributed by atoms with van der Waals surface area (Å²) >= 11 is 1.44. The summed E-state index contributed by atoms with van der Waals surface area (Å²) in [7, 11) is 1.62. The van der Waals surface area contributed by atoms with E-state index in [1.54, 1.807) is 12.0 Å². The van der Waals surface area contributed by atoms with E-state index in [0.29, 0.717) is 5.13 Å². The Kier molecular flexibility index (Phi) is 5.86. The number of ether oxygens (including phenoxy) is 1. The third-order valence-electron chi connectivity index (χ3n) is 4.27. The van der Waals surface area contributed by atoms with Gasteiger partial charge in [0.2, 0.25) is 11.0 Å². The molecule has 1 aromatic heterocycles. The lowest BCUT2D eigenvalue weighted by molar-refractivity contribution is -0.118. The Morgan fingerprint density at radius 3 is 2.63 bits per heavy atom. The monoisotopic (exact) mass is 381 g/mol. The van der Waals surface area contributed by atoms with Crippen LogP contribution in [-0.2, 0) is 11.2 Å². The van der Waals surface area contributed by atoms with E-state index in [1.807, 2.05) is 69.3 Å². The molecule has 0 fully saturated rings. The highest BCUT2D eigenvalue weighted by Gasteiger charge is 2.24. The summed E-state index contributed by atoms with van der Waals surface area (Å²) in [5, 5.41) is 10.1. The second-order valence-electron chi connectivity index (χ2n) is 6.59. The van der Waals surface area contributed by atoms with Crippen molar-refractivity contribution in [2.75, 3.05) is 12.0 Å². The van der Waals surface area contributed by atoms with Crippen LogP contribution in [-0.4, -0.2) is 29.3 Å². The zero-order valence-electron chi connectivity index (χ0n) is 16.0. The Hall–Kier alpha value is -2.73. The number of amides is 1. The maximum Gasteiger partial charge on any atom is 0.233 e. The van der Waals surface area contributed by atoms with Crippen LogP contribution in [0.2, 0.25) is 0 Å². The number of benzene rings is 2. The molecule has 0 aliphatic rings. The van der Waals surface area contributed by atoms with Crippen LogP contribution in [0, 0.1) is 6.92 Å². The second-order valence-corrected chi connectivity index (χ2v) is 7.55. The summed E-state index contributed by atoms with van der Waals surface area (Å²) in [6.45, 7) is 6.02. The van der Waals surface area contributed by atoms with Gasteiger partial charge in [-0.3, -0.25) is 9.69 Å². The van der Waals surface area contributed by atoms with Gasteiger partial charge in [0.25, 0.3) is 0 Å². The molecule has 0 unspecified atom stereocenters. The molecule has 27 heavy (non-hydrogen) atoms. The van der Waals surface area contributed by atoms with Crippen molar-refractivity contribution in [1.82, 2.24) is 10.2 Å². The third-order valence-corrected chi connectivity index (χ3v) is 5.23. The molecule has 5 nitrogen and oxygen atoms in total. The first-order chi connectivity index (χ1) is 13.0. The summed E-state index contributed by atoms with van der Waals surface area (Å²) in [6, 6.07) is 15.6. The van der Waals surface area contributed by atoms with Crippen molar-refractivity contribution >= 4 is 22.4 Å².